The third kappa shape index (κ3) is 4.12. The predicted molar refractivity (Wildman–Crippen MR) is 162 cm³/mol. The summed E-state index contributed by atoms with van der Waals surface area (Å²) in [6.45, 7) is 12.9. The molecule has 0 spiro atoms. The Morgan fingerprint density at radius 3 is 2.32 bits per heavy atom. The van der Waals surface area contributed by atoms with Gasteiger partial charge in [-0.05, 0) is 98.7 Å². The van der Waals surface area contributed by atoms with Crippen LogP contribution >= 0.6 is 0 Å². The number of rotatable bonds is 4. The van der Waals surface area contributed by atoms with Gasteiger partial charge in [-0.3, -0.25) is 4.79 Å². The number of aliphatic carboxylic acids is 1. The Hall–Kier alpha value is -1.07. The lowest BCUT2D eigenvalue weighted by atomic mass is 9.33. The zero-order valence-corrected chi connectivity index (χ0v) is 27.5. The second-order valence-electron chi connectivity index (χ2n) is 16.9. The Morgan fingerprint density at radius 2 is 1.66 bits per heavy atom. The van der Waals surface area contributed by atoms with Gasteiger partial charge in [0.2, 0.25) is 0 Å². The van der Waals surface area contributed by atoms with E-state index < -0.39 is 59.0 Å². The Bertz CT molecular complexity index is 1190. The van der Waals surface area contributed by atoms with Crippen molar-refractivity contribution in [1.82, 2.24) is 0 Å². The summed E-state index contributed by atoms with van der Waals surface area (Å²) in [5, 5.41) is 64.4. The summed E-state index contributed by atoms with van der Waals surface area (Å²) < 4.78 is 12.0. The van der Waals surface area contributed by atoms with Crippen molar-refractivity contribution >= 4 is 5.97 Å². The molecule has 0 aromatic carbocycles. The van der Waals surface area contributed by atoms with Gasteiger partial charge < -0.3 is 40.1 Å². The van der Waals surface area contributed by atoms with Gasteiger partial charge in [0, 0.05) is 11.3 Å². The molecule has 15 atom stereocenters. The highest BCUT2D eigenvalue weighted by molar-refractivity contribution is 5.77. The Morgan fingerprint density at radius 1 is 0.955 bits per heavy atom. The highest BCUT2D eigenvalue weighted by Gasteiger charge is 2.71. The monoisotopic (exact) mass is 620 g/mol. The van der Waals surface area contributed by atoms with Crippen molar-refractivity contribution in [1.29, 1.82) is 0 Å². The summed E-state index contributed by atoms with van der Waals surface area (Å²) in [4.78, 5) is 13.0. The van der Waals surface area contributed by atoms with Gasteiger partial charge >= 0.3 is 5.97 Å². The van der Waals surface area contributed by atoms with Gasteiger partial charge in [0.15, 0.2) is 6.29 Å². The summed E-state index contributed by atoms with van der Waals surface area (Å²) in [5.41, 5.74) is -1.99. The lowest BCUT2D eigenvalue weighted by Crippen LogP contribution is -2.68. The van der Waals surface area contributed by atoms with Crippen molar-refractivity contribution in [3.63, 3.8) is 0 Å². The first-order chi connectivity index (χ1) is 20.4. The van der Waals surface area contributed by atoms with Gasteiger partial charge in [-0.1, -0.05) is 46.3 Å². The first kappa shape index (κ1) is 32.9. The first-order valence-electron chi connectivity index (χ1n) is 17.0. The normalized spacial score (nSPS) is 57.2. The highest BCUT2D eigenvalue weighted by Crippen LogP contribution is 2.76. The average Bonchev–Trinajstić information content (AvgIpc) is 2.96. The molecule has 1 saturated heterocycles. The molecule has 5 fully saturated rings. The van der Waals surface area contributed by atoms with Gasteiger partial charge in [0.05, 0.1) is 30.3 Å². The maximum atomic E-state index is 13.0. The fourth-order valence-corrected chi connectivity index (χ4v) is 12.1. The van der Waals surface area contributed by atoms with E-state index in [1.54, 1.807) is 0 Å². The van der Waals surface area contributed by atoms with Crippen LogP contribution in [0.25, 0.3) is 0 Å². The SMILES string of the molecule is C[C@@H]1CC[C@]2(C(=O)O)CC[C@]3(C)C(=CC[C@@H]4[C@@]5(C)CC[C@H](O[C@@H]6OC[C@H](O)[C@H](O)[C@H]6O)[C@](C)(CO)[C@@H]5CC[C@]43C)[C@@H]2[C@]1(C)O. The molecule has 9 heteroatoms. The van der Waals surface area contributed by atoms with Crippen LogP contribution in [0.3, 0.4) is 0 Å². The molecule has 0 amide bonds. The largest absolute Gasteiger partial charge is 0.481 e. The summed E-state index contributed by atoms with van der Waals surface area (Å²) in [5.74, 6) is -0.747. The number of carboxylic acid groups (broad SMARTS) is 1. The number of ether oxygens (including phenoxy) is 2. The van der Waals surface area contributed by atoms with Gasteiger partial charge in [0.25, 0.3) is 0 Å². The van der Waals surface area contributed by atoms with E-state index in [1.165, 1.54) is 0 Å². The Kier molecular flexibility index (Phi) is 7.81. The lowest BCUT2D eigenvalue weighted by molar-refractivity contribution is -0.312. The Balaban J connectivity index is 1.34. The van der Waals surface area contributed by atoms with Crippen LogP contribution in [-0.2, 0) is 14.3 Å². The molecule has 6 N–H and O–H groups in total. The van der Waals surface area contributed by atoms with Crippen LogP contribution in [0.4, 0.5) is 0 Å². The van der Waals surface area contributed by atoms with E-state index in [1.807, 2.05) is 6.92 Å². The summed E-state index contributed by atoms with van der Waals surface area (Å²) in [7, 11) is 0. The van der Waals surface area contributed by atoms with E-state index in [9.17, 15) is 35.4 Å². The molecule has 0 radical (unpaired) electrons. The van der Waals surface area contributed by atoms with Crippen LogP contribution in [-0.4, -0.2) is 86.1 Å². The van der Waals surface area contributed by atoms with Crippen LogP contribution in [0.2, 0.25) is 0 Å². The van der Waals surface area contributed by atoms with Crippen LogP contribution in [0.15, 0.2) is 11.6 Å². The summed E-state index contributed by atoms with van der Waals surface area (Å²) >= 11 is 0. The molecule has 1 aliphatic heterocycles. The third-order valence-electron chi connectivity index (χ3n) is 15.3. The second-order valence-corrected chi connectivity index (χ2v) is 16.9. The zero-order chi connectivity index (χ0) is 32.3. The fourth-order valence-electron chi connectivity index (χ4n) is 12.1. The van der Waals surface area contributed by atoms with E-state index in [0.29, 0.717) is 31.6 Å². The van der Waals surface area contributed by atoms with Crippen molar-refractivity contribution < 1.29 is 44.9 Å². The maximum Gasteiger partial charge on any atom is 0.310 e. The third-order valence-corrected chi connectivity index (χ3v) is 15.3. The molecular formula is C35H56O9. The molecule has 5 aliphatic carbocycles. The number of hydrogen-bond donors (Lipinski definition) is 6. The van der Waals surface area contributed by atoms with Crippen LogP contribution in [0.1, 0.15) is 99.3 Å². The smallest absolute Gasteiger partial charge is 0.310 e. The van der Waals surface area contributed by atoms with E-state index >= 15 is 0 Å². The van der Waals surface area contributed by atoms with Crippen molar-refractivity contribution in [2.75, 3.05) is 13.2 Å². The van der Waals surface area contributed by atoms with Crippen molar-refractivity contribution in [2.24, 2.45) is 50.7 Å². The average molecular weight is 621 g/mol. The number of aliphatic hydroxyl groups is 5. The van der Waals surface area contributed by atoms with Gasteiger partial charge in [-0.15, -0.1) is 0 Å². The quantitative estimate of drug-likeness (QED) is 0.204. The maximum absolute atomic E-state index is 13.0. The molecule has 6 rings (SSSR count). The van der Waals surface area contributed by atoms with Crippen LogP contribution < -0.4 is 0 Å². The highest BCUT2D eigenvalue weighted by atomic mass is 16.7. The van der Waals surface area contributed by atoms with E-state index in [2.05, 4.69) is 40.7 Å². The molecule has 9 nitrogen and oxygen atoms in total. The summed E-state index contributed by atoms with van der Waals surface area (Å²) in [6, 6.07) is 0. The first-order valence-corrected chi connectivity index (χ1v) is 17.0. The Labute approximate surface area is 262 Å². The molecule has 250 valence electrons. The number of hydrogen-bond acceptors (Lipinski definition) is 8. The second kappa shape index (κ2) is 10.5. The van der Waals surface area contributed by atoms with Crippen molar-refractivity contribution in [2.45, 2.75) is 136 Å². The number of carboxylic acids is 1. The number of carbonyl (C=O) groups is 1. The van der Waals surface area contributed by atoms with Crippen LogP contribution in [0, 0.1) is 50.7 Å². The van der Waals surface area contributed by atoms with E-state index in [0.717, 1.165) is 37.7 Å². The molecule has 0 unspecified atom stereocenters. The minimum Gasteiger partial charge on any atom is -0.481 e. The molecular weight excluding hydrogens is 564 g/mol. The summed E-state index contributed by atoms with van der Waals surface area (Å²) in [6.07, 6.45) is 3.74. The fraction of sp³-hybridized carbons (Fsp3) is 0.914. The van der Waals surface area contributed by atoms with Gasteiger partial charge in [-0.2, -0.15) is 0 Å². The number of aliphatic hydroxyl groups excluding tert-OH is 4. The topological polar surface area (TPSA) is 157 Å². The number of allylic oxidation sites excluding steroid dienone is 1. The molecule has 0 aromatic heterocycles. The van der Waals surface area contributed by atoms with Crippen LogP contribution in [0.5, 0.6) is 0 Å². The minimum absolute atomic E-state index is 0.0126. The van der Waals surface area contributed by atoms with Gasteiger partial charge in [0.1, 0.15) is 18.3 Å². The zero-order valence-electron chi connectivity index (χ0n) is 27.5. The lowest BCUT2D eigenvalue weighted by Gasteiger charge is -2.72. The molecule has 4 saturated carbocycles. The minimum atomic E-state index is -1.38. The van der Waals surface area contributed by atoms with E-state index in [-0.39, 0.29) is 41.3 Å². The molecule has 1 heterocycles. The van der Waals surface area contributed by atoms with Crippen molar-refractivity contribution in [3.05, 3.63) is 11.6 Å². The molecule has 44 heavy (non-hydrogen) atoms. The van der Waals surface area contributed by atoms with E-state index in [4.69, 9.17) is 9.47 Å². The molecule has 0 aromatic rings. The van der Waals surface area contributed by atoms with Crippen molar-refractivity contribution in [3.8, 4) is 0 Å². The van der Waals surface area contributed by atoms with Gasteiger partial charge in [-0.25, -0.2) is 0 Å². The molecule has 0 bridgehead atoms. The standard InChI is InChI=1S/C35H56O9/c1-19-9-14-35(29(40)41)16-15-32(4)20(27(35)34(19,6)42)7-8-23-30(2)12-11-24(44-28-26(39)25(38)21(37)17-43-28)31(3,18-36)22(30)10-13-33(23,32)5/h7,19,21-28,36-39,42H,8-18H2,1-6H3,(H,40,41)/t19-,21+,22-,23-,24+,25+,26-,27-,28+,30+,31-,32-,33-,34-,35+/m1/s1. The number of fused-ring (bicyclic) bond motifs is 7. The molecule has 6 aliphatic rings. The predicted octanol–water partition coefficient (Wildman–Crippen LogP) is 3.64.